The number of benzene rings is 1. The smallest absolute Gasteiger partial charge is 0.292 e. The molecule has 140 valence electrons. The highest BCUT2D eigenvalue weighted by atomic mass is 16.5. The van der Waals surface area contributed by atoms with Gasteiger partial charge in [-0.2, -0.15) is 0 Å². The Kier molecular flexibility index (Phi) is 5.47. The van der Waals surface area contributed by atoms with E-state index in [9.17, 15) is 4.79 Å². The van der Waals surface area contributed by atoms with Gasteiger partial charge in [-0.1, -0.05) is 55.8 Å². The molecule has 0 N–H and O–H groups in total. The Hall–Kier alpha value is -2.14. The first kappa shape index (κ1) is 18.6. The minimum absolute atomic E-state index is 0.0636. The van der Waals surface area contributed by atoms with E-state index in [4.69, 9.17) is 4.52 Å². The Morgan fingerprint density at radius 2 is 1.77 bits per heavy atom. The van der Waals surface area contributed by atoms with E-state index in [1.807, 2.05) is 36.1 Å². The van der Waals surface area contributed by atoms with Crippen LogP contribution in [0.25, 0.3) is 11.3 Å². The predicted octanol–water partition coefficient (Wildman–Crippen LogP) is 3.84. The number of amides is 1. The van der Waals surface area contributed by atoms with E-state index < -0.39 is 0 Å². The fourth-order valence-corrected chi connectivity index (χ4v) is 3.06. The lowest BCUT2D eigenvalue weighted by atomic mass is 9.92. The molecule has 2 heterocycles. The summed E-state index contributed by atoms with van der Waals surface area (Å²) in [6.45, 7) is 13.2. The fourth-order valence-electron chi connectivity index (χ4n) is 3.06. The number of nitrogens with zero attached hydrogens (tertiary/aromatic N) is 3. The summed E-state index contributed by atoms with van der Waals surface area (Å²) in [6.07, 6.45) is 1.17. The van der Waals surface area contributed by atoms with Crippen LogP contribution in [0.15, 0.2) is 34.9 Å². The lowest BCUT2D eigenvalue weighted by Gasteiger charge is -2.35. The van der Waals surface area contributed by atoms with Gasteiger partial charge in [0.05, 0.1) is 0 Å². The van der Waals surface area contributed by atoms with Gasteiger partial charge in [-0.05, 0) is 25.3 Å². The Balaban J connectivity index is 1.57. The number of aromatic nitrogens is 1. The maximum atomic E-state index is 12.7. The van der Waals surface area contributed by atoms with Gasteiger partial charge in [-0.25, -0.2) is 0 Å². The minimum Gasteiger partial charge on any atom is -0.350 e. The zero-order valence-electron chi connectivity index (χ0n) is 16.3. The van der Waals surface area contributed by atoms with Gasteiger partial charge in [0.1, 0.15) is 5.69 Å². The van der Waals surface area contributed by atoms with Gasteiger partial charge in [0.25, 0.3) is 5.91 Å². The molecule has 3 rings (SSSR count). The van der Waals surface area contributed by atoms with Crippen molar-refractivity contribution in [3.05, 3.63) is 41.7 Å². The van der Waals surface area contributed by atoms with Crippen molar-refractivity contribution in [2.45, 2.75) is 34.1 Å². The number of carbonyl (C=O) groups excluding carboxylic acids is 1. The van der Waals surface area contributed by atoms with E-state index in [2.05, 4.69) is 30.8 Å². The topological polar surface area (TPSA) is 49.6 Å². The van der Waals surface area contributed by atoms with Gasteiger partial charge >= 0.3 is 0 Å². The highest BCUT2D eigenvalue weighted by Crippen LogP contribution is 2.22. The number of aryl methyl sites for hydroxylation is 1. The molecule has 0 spiro atoms. The largest absolute Gasteiger partial charge is 0.350 e. The molecule has 0 aliphatic carbocycles. The predicted molar refractivity (Wildman–Crippen MR) is 103 cm³/mol. The summed E-state index contributed by atoms with van der Waals surface area (Å²) < 4.78 is 5.33. The van der Waals surface area contributed by atoms with Gasteiger partial charge in [0, 0.05) is 37.8 Å². The number of rotatable bonds is 4. The third kappa shape index (κ3) is 4.73. The summed E-state index contributed by atoms with van der Waals surface area (Å²) in [5, 5.41) is 4.07. The Labute approximate surface area is 156 Å². The normalized spacial score (nSPS) is 16.1. The Bertz CT molecular complexity index is 735. The van der Waals surface area contributed by atoms with Crippen molar-refractivity contribution >= 4 is 5.91 Å². The molecule has 1 aromatic heterocycles. The molecule has 0 radical (unpaired) electrons. The summed E-state index contributed by atoms with van der Waals surface area (Å²) >= 11 is 0. The highest BCUT2D eigenvalue weighted by molar-refractivity contribution is 5.92. The van der Waals surface area contributed by atoms with Crippen molar-refractivity contribution in [1.82, 2.24) is 15.0 Å². The molecule has 1 fully saturated rings. The average Bonchev–Trinajstić information content (AvgIpc) is 3.10. The molecule has 5 heteroatoms. The van der Waals surface area contributed by atoms with Gasteiger partial charge in [0.15, 0.2) is 0 Å². The number of piperazine rings is 1. The third-order valence-electron chi connectivity index (χ3n) is 4.91. The fraction of sp³-hybridized carbons (Fsp3) is 0.524. The van der Waals surface area contributed by atoms with E-state index >= 15 is 0 Å². The van der Waals surface area contributed by atoms with Crippen molar-refractivity contribution < 1.29 is 9.32 Å². The van der Waals surface area contributed by atoms with Gasteiger partial charge in [-0.3, -0.25) is 9.69 Å². The second kappa shape index (κ2) is 7.62. The Morgan fingerprint density at radius 3 is 2.38 bits per heavy atom. The van der Waals surface area contributed by atoms with Gasteiger partial charge < -0.3 is 9.42 Å². The molecule has 0 atom stereocenters. The van der Waals surface area contributed by atoms with E-state index in [-0.39, 0.29) is 5.91 Å². The van der Waals surface area contributed by atoms with Crippen LogP contribution in [0.2, 0.25) is 0 Å². The molecule has 1 aromatic carbocycles. The van der Waals surface area contributed by atoms with Crippen molar-refractivity contribution in [3.63, 3.8) is 0 Å². The molecule has 0 saturated carbocycles. The number of carbonyl (C=O) groups is 1. The molecule has 2 aromatic rings. The maximum Gasteiger partial charge on any atom is 0.292 e. The molecule has 1 aliphatic rings. The van der Waals surface area contributed by atoms with Crippen LogP contribution in [0.5, 0.6) is 0 Å². The standard InChI is InChI=1S/C21H29N3O2/c1-16-5-7-17(8-6-16)18-15-19(26-22-18)20(25)24-13-11-23(12-14-24)10-9-21(2,3)4/h5-8,15H,9-14H2,1-4H3. The van der Waals surface area contributed by atoms with Crippen LogP contribution in [-0.2, 0) is 0 Å². The molecule has 0 bridgehead atoms. The zero-order valence-corrected chi connectivity index (χ0v) is 16.3. The summed E-state index contributed by atoms with van der Waals surface area (Å²) in [4.78, 5) is 17.0. The van der Waals surface area contributed by atoms with Crippen molar-refractivity contribution in [2.75, 3.05) is 32.7 Å². The summed E-state index contributed by atoms with van der Waals surface area (Å²) in [5.74, 6) is 0.259. The monoisotopic (exact) mass is 355 g/mol. The Morgan fingerprint density at radius 1 is 1.12 bits per heavy atom. The first-order valence-electron chi connectivity index (χ1n) is 9.37. The lowest BCUT2D eigenvalue weighted by molar-refractivity contribution is 0.0584. The van der Waals surface area contributed by atoms with Crippen LogP contribution in [0, 0.1) is 12.3 Å². The van der Waals surface area contributed by atoms with E-state index in [0.717, 1.165) is 38.3 Å². The van der Waals surface area contributed by atoms with Crippen LogP contribution in [0.4, 0.5) is 0 Å². The van der Waals surface area contributed by atoms with Gasteiger partial charge in [-0.15, -0.1) is 0 Å². The van der Waals surface area contributed by atoms with Crippen LogP contribution in [0.3, 0.4) is 0 Å². The molecule has 1 saturated heterocycles. The molecular formula is C21H29N3O2. The number of hydrogen-bond donors (Lipinski definition) is 0. The average molecular weight is 355 g/mol. The first-order valence-corrected chi connectivity index (χ1v) is 9.37. The molecule has 1 aliphatic heterocycles. The van der Waals surface area contributed by atoms with Crippen LogP contribution >= 0.6 is 0 Å². The second-order valence-corrected chi connectivity index (χ2v) is 8.39. The summed E-state index contributed by atoms with van der Waals surface area (Å²) in [6, 6.07) is 9.80. The SMILES string of the molecule is Cc1ccc(-c2cc(C(=O)N3CCN(CCC(C)(C)C)CC3)on2)cc1. The molecule has 1 amide bonds. The molecular weight excluding hydrogens is 326 g/mol. The van der Waals surface area contributed by atoms with E-state index in [1.165, 1.54) is 12.0 Å². The maximum absolute atomic E-state index is 12.7. The van der Waals surface area contributed by atoms with Crippen molar-refractivity contribution in [2.24, 2.45) is 5.41 Å². The van der Waals surface area contributed by atoms with Crippen LogP contribution in [-0.4, -0.2) is 53.6 Å². The van der Waals surface area contributed by atoms with Crippen molar-refractivity contribution in [3.8, 4) is 11.3 Å². The highest BCUT2D eigenvalue weighted by Gasteiger charge is 2.25. The zero-order chi connectivity index (χ0) is 18.7. The van der Waals surface area contributed by atoms with Crippen LogP contribution < -0.4 is 0 Å². The van der Waals surface area contributed by atoms with E-state index in [0.29, 0.717) is 16.9 Å². The molecule has 5 nitrogen and oxygen atoms in total. The number of hydrogen-bond acceptors (Lipinski definition) is 4. The third-order valence-corrected chi connectivity index (χ3v) is 4.91. The summed E-state index contributed by atoms with van der Waals surface area (Å²) in [5.41, 5.74) is 3.21. The summed E-state index contributed by atoms with van der Waals surface area (Å²) in [7, 11) is 0. The lowest BCUT2D eigenvalue weighted by Crippen LogP contribution is -2.49. The minimum atomic E-state index is -0.0636. The van der Waals surface area contributed by atoms with E-state index in [1.54, 1.807) is 6.07 Å². The first-order chi connectivity index (χ1) is 12.3. The van der Waals surface area contributed by atoms with Gasteiger partial charge in [0.2, 0.25) is 5.76 Å². The van der Waals surface area contributed by atoms with Crippen molar-refractivity contribution in [1.29, 1.82) is 0 Å². The second-order valence-electron chi connectivity index (χ2n) is 8.39. The van der Waals surface area contributed by atoms with Crippen LogP contribution in [0.1, 0.15) is 43.3 Å². The molecule has 26 heavy (non-hydrogen) atoms. The molecule has 0 unspecified atom stereocenters. The quantitative estimate of drug-likeness (QED) is 0.836.